The molecule has 5 atom stereocenters. The lowest BCUT2D eigenvalue weighted by atomic mass is 9.66. The van der Waals surface area contributed by atoms with Gasteiger partial charge < -0.3 is 29.1 Å². The van der Waals surface area contributed by atoms with Crippen molar-refractivity contribution in [2.75, 3.05) is 38.3 Å². The Morgan fingerprint density at radius 2 is 1.92 bits per heavy atom. The summed E-state index contributed by atoms with van der Waals surface area (Å²) in [6, 6.07) is 6.21. The lowest BCUT2D eigenvalue weighted by molar-refractivity contribution is -0.159. The number of fused-ring (bicyclic) bond motifs is 1. The quantitative estimate of drug-likeness (QED) is 0.219. The van der Waals surface area contributed by atoms with Crippen LogP contribution >= 0.6 is 0 Å². The van der Waals surface area contributed by atoms with Gasteiger partial charge in [0.25, 0.3) is 5.91 Å². The molecule has 0 aromatic heterocycles. The number of allylic oxidation sites excluding steroid dienone is 1. The molecule has 3 aliphatic heterocycles. The van der Waals surface area contributed by atoms with Gasteiger partial charge in [-0.1, -0.05) is 12.2 Å². The molecule has 3 saturated heterocycles. The van der Waals surface area contributed by atoms with Crippen LogP contribution in [-0.4, -0.2) is 78.4 Å². The van der Waals surface area contributed by atoms with Gasteiger partial charge in [0.15, 0.2) is 0 Å². The fraction of sp³-hybridized carbons (Fsp3) is 0.567. The highest BCUT2D eigenvalue weighted by Crippen LogP contribution is 2.63. The molecule has 3 fully saturated rings. The van der Waals surface area contributed by atoms with Crippen LogP contribution in [0, 0.1) is 11.8 Å². The zero-order valence-corrected chi connectivity index (χ0v) is 23.0. The summed E-state index contributed by atoms with van der Waals surface area (Å²) in [5, 5.41) is 9.37. The van der Waals surface area contributed by atoms with Gasteiger partial charge in [-0.15, -0.1) is 13.2 Å². The summed E-state index contributed by atoms with van der Waals surface area (Å²) in [6.45, 7) is 10.1. The molecule has 1 aromatic rings. The Morgan fingerprint density at radius 1 is 1.18 bits per heavy atom. The van der Waals surface area contributed by atoms with Crippen molar-refractivity contribution in [1.29, 1.82) is 0 Å². The van der Waals surface area contributed by atoms with Crippen molar-refractivity contribution in [3.63, 3.8) is 0 Å². The summed E-state index contributed by atoms with van der Waals surface area (Å²) < 4.78 is 17.5. The molecule has 1 aromatic carbocycles. The van der Waals surface area contributed by atoms with Crippen LogP contribution in [0.3, 0.4) is 0 Å². The predicted octanol–water partition coefficient (Wildman–Crippen LogP) is 3.26. The van der Waals surface area contributed by atoms with Gasteiger partial charge in [-0.3, -0.25) is 14.4 Å². The molecule has 212 valence electrons. The molecule has 0 aliphatic carbocycles. The van der Waals surface area contributed by atoms with Crippen molar-refractivity contribution < 1.29 is 33.7 Å². The van der Waals surface area contributed by atoms with Crippen LogP contribution in [0.4, 0.5) is 5.69 Å². The smallest absolute Gasteiger partial charge is 0.312 e. The van der Waals surface area contributed by atoms with Crippen molar-refractivity contribution in [3.05, 3.63) is 49.6 Å². The highest BCUT2D eigenvalue weighted by Gasteiger charge is 2.78. The van der Waals surface area contributed by atoms with Crippen molar-refractivity contribution >= 4 is 23.5 Å². The number of carbonyl (C=O) groups excluding carboxylic acids is 3. The molecule has 0 radical (unpaired) electrons. The summed E-state index contributed by atoms with van der Waals surface area (Å²) in [7, 11) is 1.57. The van der Waals surface area contributed by atoms with Crippen LogP contribution in [0.25, 0.3) is 0 Å². The lowest BCUT2D eigenvalue weighted by Gasteiger charge is -2.36. The average molecular weight is 541 g/mol. The Labute approximate surface area is 230 Å². The number of aliphatic hydroxyl groups excluding tert-OH is 1. The number of unbranched alkanes of at least 4 members (excludes halogenated alkanes) is 2. The number of anilines is 1. The van der Waals surface area contributed by atoms with E-state index in [1.165, 1.54) is 0 Å². The van der Waals surface area contributed by atoms with Gasteiger partial charge in [0, 0.05) is 25.4 Å². The number of nitrogens with zero attached hydrogens (tertiary/aromatic N) is 2. The highest BCUT2D eigenvalue weighted by molar-refractivity contribution is 6.04. The third kappa shape index (κ3) is 5.10. The average Bonchev–Trinajstić information content (AvgIpc) is 3.50. The Morgan fingerprint density at radius 3 is 2.56 bits per heavy atom. The molecule has 1 spiro atoms. The molecular formula is C30H40N2O7. The zero-order chi connectivity index (χ0) is 28.2. The van der Waals surface area contributed by atoms with E-state index in [2.05, 4.69) is 13.2 Å². The van der Waals surface area contributed by atoms with E-state index in [4.69, 9.17) is 14.2 Å². The second-order valence-electron chi connectivity index (χ2n) is 10.7. The van der Waals surface area contributed by atoms with Crippen LogP contribution in [-0.2, 0) is 23.9 Å². The second-order valence-corrected chi connectivity index (χ2v) is 10.7. The number of amides is 2. The molecule has 9 nitrogen and oxygen atoms in total. The molecule has 4 rings (SSSR count). The molecule has 3 heterocycles. The molecule has 0 saturated carbocycles. The van der Waals surface area contributed by atoms with Crippen LogP contribution in [0.5, 0.6) is 5.75 Å². The maximum atomic E-state index is 14.4. The van der Waals surface area contributed by atoms with Crippen molar-refractivity contribution in [3.8, 4) is 5.75 Å². The largest absolute Gasteiger partial charge is 0.497 e. The minimum Gasteiger partial charge on any atom is -0.497 e. The molecule has 3 aliphatic rings. The summed E-state index contributed by atoms with van der Waals surface area (Å²) in [6.07, 6.45) is 6.82. The van der Waals surface area contributed by atoms with Crippen LogP contribution in [0.15, 0.2) is 49.6 Å². The van der Waals surface area contributed by atoms with Gasteiger partial charge in [-0.05, 0) is 69.7 Å². The second kappa shape index (κ2) is 11.9. The van der Waals surface area contributed by atoms with Crippen LogP contribution in [0.2, 0.25) is 0 Å². The summed E-state index contributed by atoms with van der Waals surface area (Å²) in [4.78, 5) is 45.1. The van der Waals surface area contributed by atoms with E-state index in [0.717, 1.165) is 6.42 Å². The number of methoxy groups -OCH3 is 1. The first-order valence-corrected chi connectivity index (χ1v) is 13.7. The van der Waals surface area contributed by atoms with Crippen LogP contribution in [0.1, 0.15) is 45.4 Å². The third-order valence-electron chi connectivity index (χ3n) is 8.33. The van der Waals surface area contributed by atoms with Gasteiger partial charge in [0.2, 0.25) is 5.91 Å². The first kappa shape index (κ1) is 28.8. The van der Waals surface area contributed by atoms with Gasteiger partial charge in [-0.2, -0.15) is 0 Å². The molecule has 2 bridgehead atoms. The maximum absolute atomic E-state index is 14.4. The number of rotatable bonds is 14. The number of likely N-dealkylation sites (tertiary alicyclic amines) is 1. The predicted molar refractivity (Wildman–Crippen MR) is 146 cm³/mol. The summed E-state index contributed by atoms with van der Waals surface area (Å²) in [5.74, 6) is -1.96. The SMILES string of the molecule is C=CCCCOC(=O)[C@H]1[C@H]2C(=O)N(CCCCO)C(C(=O)N(CC=C)c3ccc(OC)cc3)C23CC[C@]1(C)O3. The summed E-state index contributed by atoms with van der Waals surface area (Å²) >= 11 is 0. The molecule has 9 heteroatoms. The van der Waals surface area contributed by atoms with Gasteiger partial charge in [0.05, 0.1) is 25.2 Å². The molecule has 2 unspecified atom stereocenters. The maximum Gasteiger partial charge on any atom is 0.312 e. The molecule has 2 amide bonds. The van der Waals surface area contributed by atoms with E-state index in [0.29, 0.717) is 43.5 Å². The topological polar surface area (TPSA) is 106 Å². The highest BCUT2D eigenvalue weighted by atomic mass is 16.6. The first-order chi connectivity index (χ1) is 18.8. The van der Waals surface area contributed by atoms with E-state index < -0.39 is 35.0 Å². The number of carbonyl (C=O) groups is 3. The number of benzene rings is 1. The first-order valence-electron chi connectivity index (χ1n) is 13.7. The van der Waals surface area contributed by atoms with Crippen molar-refractivity contribution in [2.24, 2.45) is 11.8 Å². The van der Waals surface area contributed by atoms with Gasteiger partial charge >= 0.3 is 5.97 Å². The Hall–Kier alpha value is -3.17. The van der Waals surface area contributed by atoms with Gasteiger partial charge in [-0.25, -0.2) is 0 Å². The Bertz CT molecular complexity index is 1090. The van der Waals surface area contributed by atoms with E-state index >= 15 is 0 Å². The third-order valence-corrected chi connectivity index (χ3v) is 8.33. The number of esters is 1. The fourth-order valence-electron chi connectivity index (χ4n) is 6.55. The molecule has 1 N–H and O–H groups in total. The van der Waals surface area contributed by atoms with Crippen molar-refractivity contribution in [1.82, 2.24) is 4.90 Å². The monoisotopic (exact) mass is 540 g/mol. The number of hydrogen-bond donors (Lipinski definition) is 1. The van der Waals surface area contributed by atoms with E-state index in [9.17, 15) is 19.5 Å². The minimum atomic E-state index is -1.14. The lowest BCUT2D eigenvalue weighted by Crippen LogP contribution is -2.56. The summed E-state index contributed by atoms with van der Waals surface area (Å²) in [5.41, 5.74) is -1.39. The number of hydrogen-bond acceptors (Lipinski definition) is 7. The van der Waals surface area contributed by atoms with E-state index in [1.807, 2.05) is 6.92 Å². The molecule has 39 heavy (non-hydrogen) atoms. The molecular weight excluding hydrogens is 500 g/mol. The van der Waals surface area contributed by atoms with Gasteiger partial charge in [0.1, 0.15) is 23.3 Å². The zero-order valence-electron chi connectivity index (χ0n) is 23.0. The standard InChI is InChI=1S/C30H40N2O7/c1-5-7-10-20-38-28(36)24-23-26(34)32(18-8-9-19-33)25(30(23)16-15-29(24,3)39-30)27(35)31(17-6-2)21-11-13-22(37-4)14-12-21/h5-6,11-14,23-25,33H,1-2,7-10,15-20H2,3-4H3/t23-,24+,25?,29-,30?/m0/s1. The van der Waals surface area contributed by atoms with E-state index in [1.54, 1.807) is 53.3 Å². The minimum absolute atomic E-state index is 0.0160. The number of aliphatic hydroxyl groups is 1. The van der Waals surface area contributed by atoms with Crippen LogP contribution < -0.4 is 9.64 Å². The normalized spacial score (nSPS) is 28.7. The van der Waals surface area contributed by atoms with E-state index in [-0.39, 0.29) is 38.1 Å². The Kier molecular flexibility index (Phi) is 8.81. The fourth-order valence-corrected chi connectivity index (χ4v) is 6.55. The Balaban J connectivity index is 1.71. The van der Waals surface area contributed by atoms with Crippen molar-refractivity contribution in [2.45, 2.75) is 62.7 Å². The number of ether oxygens (including phenoxy) is 3.